The zero-order chi connectivity index (χ0) is 15.1. The molecule has 4 nitrogen and oxygen atoms in total. The molecule has 21 heavy (non-hydrogen) atoms. The highest BCUT2D eigenvalue weighted by atomic mass is 79.9. The van der Waals surface area contributed by atoms with Crippen molar-refractivity contribution in [2.75, 3.05) is 19.0 Å². The van der Waals surface area contributed by atoms with Crippen LogP contribution in [0.3, 0.4) is 0 Å². The van der Waals surface area contributed by atoms with Crippen molar-refractivity contribution < 1.29 is 9.47 Å². The van der Waals surface area contributed by atoms with Crippen molar-refractivity contribution >= 4 is 21.6 Å². The number of anilines is 1. The van der Waals surface area contributed by atoms with Gasteiger partial charge in [0.1, 0.15) is 17.6 Å². The molecule has 0 bridgehead atoms. The van der Waals surface area contributed by atoms with Gasteiger partial charge >= 0.3 is 0 Å². The first-order valence-corrected chi connectivity index (χ1v) is 7.18. The number of hydrogen-bond acceptors (Lipinski definition) is 4. The van der Waals surface area contributed by atoms with E-state index in [0.717, 1.165) is 21.5 Å². The van der Waals surface area contributed by atoms with E-state index in [2.05, 4.69) is 21.2 Å². The van der Waals surface area contributed by atoms with Crippen molar-refractivity contribution in [2.45, 2.75) is 6.54 Å². The molecular weight excluding hydrogens is 332 g/mol. The molecule has 0 unspecified atom stereocenters. The lowest BCUT2D eigenvalue weighted by Gasteiger charge is -2.11. The molecule has 2 rings (SSSR count). The smallest absolute Gasteiger partial charge is 0.174 e. The summed E-state index contributed by atoms with van der Waals surface area (Å²) >= 11 is 3.46. The summed E-state index contributed by atoms with van der Waals surface area (Å²) in [5.74, 6) is 1.53. The number of nitrogens with one attached hydrogen (secondary N) is 1. The number of ether oxygens (including phenoxy) is 2. The third kappa shape index (κ3) is 4.40. The standard InChI is InChI=1S/C16H15BrN2O2/c1-20-16-7-2-13(17)10-12(16)11-19-14-3-5-15(6-4-14)21-9-8-18/h2-7,10,19H,9,11H2,1H3. The highest BCUT2D eigenvalue weighted by Crippen LogP contribution is 2.24. The summed E-state index contributed by atoms with van der Waals surface area (Å²) in [7, 11) is 1.66. The van der Waals surface area contributed by atoms with E-state index in [0.29, 0.717) is 12.3 Å². The van der Waals surface area contributed by atoms with Gasteiger partial charge in [0.05, 0.1) is 7.11 Å². The molecule has 2 aromatic carbocycles. The van der Waals surface area contributed by atoms with Crippen LogP contribution in [0.15, 0.2) is 46.9 Å². The number of halogens is 1. The van der Waals surface area contributed by atoms with E-state index < -0.39 is 0 Å². The Balaban J connectivity index is 2.00. The molecular formula is C16H15BrN2O2. The molecule has 5 heteroatoms. The van der Waals surface area contributed by atoms with E-state index in [1.54, 1.807) is 7.11 Å². The van der Waals surface area contributed by atoms with Gasteiger partial charge in [-0.25, -0.2) is 0 Å². The zero-order valence-corrected chi connectivity index (χ0v) is 13.2. The average Bonchev–Trinajstić information content (AvgIpc) is 2.52. The third-order valence-corrected chi connectivity index (χ3v) is 3.38. The minimum absolute atomic E-state index is 0.0576. The maximum atomic E-state index is 8.46. The molecule has 1 N–H and O–H groups in total. The van der Waals surface area contributed by atoms with Crippen LogP contribution in [0.5, 0.6) is 11.5 Å². The summed E-state index contributed by atoms with van der Waals surface area (Å²) in [5.41, 5.74) is 2.04. The Hall–Kier alpha value is -2.19. The van der Waals surface area contributed by atoms with E-state index in [-0.39, 0.29) is 6.61 Å². The summed E-state index contributed by atoms with van der Waals surface area (Å²) in [5, 5.41) is 11.8. The van der Waals surface area contributed by atoms with Gasteiger partial charge in [-0.15, -0.1) is 0 Å². The number of nitrogens with zero attached hydrogens (tertiary/aromatic N) is 1. The lowest BCUT2D eigenvalue weighted by Crippen LogP contribution is -2.02. The van der Waals surface area contributed by atoms with Crippen molar-refractivity contribution in [3.63, 3.8) is 0 Å². The predicted molar refractivity (Wildman–Crippen MR) is 85.6 cm³/mol. The number of rotatable bonds is 6. The van der Waals surface area contributed by atoms with E-state index in [1.165, 1.54) is 0 Å². The lowest BCUT2D eigenvalue weighted by molar-refractivity contribution is 0.368. The first kappa shape index (κ1) is 15.2. The molecule has 0 aliphatic rings. The maximum Gasteiger partial charge on any atom is 0.174 e. The van der Waals surface area contributed by atoms with Crippen LogP contribution in [0.2, 0.25) is 0 Å². The number of hydrogen-bond donors (Lipinski definition) is 1. The Morgan fingerprint density at radius 3 is 2.62 bits per heavy atom. The van der Waals surface area contributed by atoms with E-state index >= 15 is 0 Å². The fourth-order valence-corrected chi connectivity index (χ4v) is 2.28. The maximum absolute atomic E-state index is 8.46. The summed E-state index contributed by atoms with van der Waals surface area (Å²) in [6.07, 6.45) is 0. The van der Waals surface area contributed by atoms with Crippen molar-refractivity contribution in [1.82, 2.24) is 0 Å². The van der Waals surface area contributed by atoms with E-state index in [4.69, 9.17) is 14.7 Å². The minimum atomic E-state index is 0.0576. The second kappa shape index (κ2) is 7.55. The first-order chi connectivity index (χ1) is 10.2. The molecule has 0 fully saturated rings. The number of nitriles is 1. The van der Waals surface area contributed by atoms with Crippen LogP contribution in [0, 0.1) is 11.3 Å². The lowest BCUT2D eigenvalue weighted by atomic mass is 10.2. The van der Waals surface area contributed by atoms with Gasteiger partial charge < -0.3 is 14.8 Å². The van der Waals surface area contributed by atoms with Crippen molar-refractivity contribution in [2.24, 2.45) is 0 Å². The summed E-state index contributed by atoms with van der Waals surface area (Å²) < 4.78 is 11.6. The molecule has 0 saturated heterocycles. The largest absolute Gasteiger partial charge is 0.496 e. The van der Waals surface area contributed by atoms with Crippen LogP contribution in [-0.2, 0) is 6.54 Å². The number of methoxy groups -OCH3 is 1. The third-order valence-electron chi connectivity index (χ3n) is 2.88. The monoisotopic (exact) mass is 346 g/mol. The molecule has 0 saturated carbocycles. The normalized spacial score (nSPS) is 9.76. The van der Waals surface area contributed by atoms with Crippen LogP contribution < -0.4 is 14.8 Å². The molecule has 108 valence electrons. The van der Waals surface area contributed by atoms with Crippen LogP contribution >= 0.6 is 15.9 Å². The summed E-state index contributed by atoms with van der Waals surface area (Å²) in [6.45, 7) is 0.711. The highest BCUT2D eigenvalue weighted by molar-refractivity contribution is 9.10. The molecule has 0 aromatic heterocycles. The molecule has 0 aliphatic heterocycles. The van der Waals surface area contributed by atoms with E-state index in [9.17, 15) is 0 Å². The Bertz CT molecular complexity index is 636. The van der Waals surface area contributed by atoms with Gasteiger partial charge in [-0.05, 0) is 42.5 Å². The van der Waals surface area contributed by atoms with Crippen molar-refractivity contribution in [1.29, 1.82) is 5.26 Å². The number of benzene rings is 2. The molecule has 2 aromatic rings. The van der Waals surface area contributed by atoms with Gasteiger partial charge in [-0.2, -0.15) is 5.26 Å². The summed E-state index contributed by atoms with van der Waals surface area (Å²) in [4.78, 5) is 0. The van der Waals surface area contributed by atoms with Crippen LogP contribution in [-0.4, -0.2) is 13.7 Å². The van der Waals surface area contributed by atoms with Crippen LogP contribution in [0.4, 0.5) is 5.69 Å². The van der Waals surface area contributed by atoms with Gasteiger partial charge in [-0.1, -0.05) is 15.9 Å². The second-order valence-electron chi connectivity index (χ2n) is 4.28. The Labute approximate surface area is 132 Å². The molecule has 0 aliphatic carbocycles. The fourth-order valence-electron chi connectivity index (χ4n) is 1.87. The molecule has 0 radical (unpaired) electrons. The van der Waals surface area contributed by atoms with Gasteiger partial charge in [0, 0.05) is 22.3 Å². The van der Waals surface area contributed by atoms with Crippen LogP contribution in [0.25, 0.3) is 0 Å². The Morgan fingerprint density at radius 1 is 1.19 bits per heavy atom. The Morgan fingerprint density at radius 2 is 1.95 bits per heavy atom. The summed E-state index contributed by atoms with van der Waals surface area (Å²) in [6, 6.07) is 15.3. The topological polar surface area (TPSA) is 54.3 Å². The molecule has 0 heterocycles. The quantitative estimate of drug-likeness (QED) is 0.859. The predicted octanol–water partition coefficient (Wildman–Crippen LogP) is 3.97. The van der Waals surface area contributed by atoms with Gasteiger partial charge in [0.25, 0.3) is 0 Å². The van der Waals surface area contributed by atoms with Crippen molar-refractivity contribution in [3.8, 4) is 17.6 Å². The van der Waals surface area contributed by atoms with Crippen molar-refractivity contribution in [3.05, 3.63) is 52.5 Å². The molecule has 0 amide bonds. The van der Waals surface area contributed by atoms with Gasteiger partial charge in [-0.3, -0.25) is 0 Å². The highest BCUT2D eigenvalue weighted by Gasteiger charge is 2.04. The van der Waals surface area contributed by atoms with Gasteiger partial charge in [0.15, 0.2) is 6.61 Å². The first-order valence-electron chi connectivity index (χ1n) is 6.39. The second-order valence-corrected chi connectivity index (χ2v) is 5.20. The fraction of sp³-hybridized carbons (Fsp3) is 0.188. The average molecular weight is 347 g/mol. The molecule has 0 atom stereocenters. The zero-order valence-electron chi connectivity index (χ0n) is 11.6. The molecule has 0 spiro atoms. The minimum Gasteiger partial charge on any atom is -0.496 e. The Kier molecular flexibility index (Phi) is 5.47. The van der Waals surface area contributed by atoms with Crippen LogP contribution in [0.1, 0.15) is 5.56 Å². The van der Waals surface area contributed by atoms with E-state index in [1.807, 2.05) is 48.5 Å². The van der Waals surface area contributed by atoms with Gasteiger partial charge in [0.2, 0.25) is 0 Å². The SMILES string of the molecule is COc1ccc(Br)cc1CNc1ccc(OCC#N)cc1.